The molecule has 0 bridgehead atoms. The molecule has 2 aliphatic heterocycles. The molecule has 0 aromatic carbocycles. The molecule has 0 amide bonds. The smallest absolute Gasteiger partial charge is 0.0480 e. The number of hydrogen-bond donors (Lipinski definition) is 1. The molecule has 2 aliphatic rings. The molecule has 0 aliphatic carbocycles. The predicted molar refractivity (Wildman–Crippen MR) is 62.0 cm³/mol. The Balaban J connectivity index is 1.82. The van der Waals surface area contributed by atoms with Crippen molar-refractivity contribution in [2.45, 2.75) is 25.8 Å². The van der Waals surface area contributed by atoms with Gasteiger partial charge in [-0.15, -0.1) is 0 Å². The standard InChI is InChI=1S/C12H22N2O/c1-10(11-7-13-8-11)9-14(2)12-3-5-15-6-4-12/h12-13H,3-9H2,1-2H3. The van der Waals surface area contributed by atoms with E-state index in [2.05, 4.69) is 24.2 Å². The zero-order valence-electron chi connectivity index (χ0n) is 9.88. The van der Waals surface area contributed by atoms with Crippen LogP contribution in [0.25, 0.3) is 0 Å². The molecule has 0 spiro atoms. The van der Waals surface area contributed by atoms with Crippen LogP contribution in [0.15, 0.2) is 11.1 Å². The first-order chi connectivity index (χ1) is 7.27. The molecule has 86 valence electrons. The Morgan fingerprint density at radius 3 is 2.60 bits per heavy atom. The average molecular weight is 210 g/mol. The molecule has 0 atom stereocenters. The lowest BCUT2D eigenvalue weighted by Gasteiger charge is -2.33. The summed E-state index contributed by atoms with van der Waals surface area (Å²) in [7, 11) is 2.24. The van der Waals surface area contributed by atoms with Crippen LogP contribution in [0.1, 0.15) is 19.8 Å². The summed E-state index contributed by atoms with van der Waals surface area (Å²) in [5, 5.41) is 3.30. The summed E-state index contributed by atoms with van der Waals surface area (Å²) in [4.78, 5) is 2.49. The second kappa shape index (κ2) is 5.10. The molecule has 0 saturated carbocycles. The third kappa shape index (κ3) is 2.80. The Morgan fingerprint density at radius 1 is 1.40 bits per heavy atom. The van der Waals surface area contributed by atoms with Crippen LogP contribution in [0.3, 0.4) is 0 Å². The quantitative estimate of drug-likeness (QED) is 0.704. The number of hydrogen-bond acceptors (Lipinski definition) is 3. The molecule has 2 rings (SSSR count). The Hall–Kier alpha value is -0.380. The molecule has 2 saturated heterocycles. The lowest BCUT2D eigenvalue weighted by atomic mass is 10.0. The Labute approximate surface area is 92.5 Å². The summed E-state index contributed by atoms with van der Waals surface area (Å²) in [5.74, 6) is 0. The number of rotatable bonds is 3. The van der Waals surface area contributed by atoms with E-state index < -0.39 is 0 Å². The summed E-state index contributed by atoms with van der Waals surface area (Å²) in [6, 6.07) is 0.724. The lowest BCUT2D eigenvalue weighted by Crippen LogP contribution is -2.40. The van der Waals surface area contributed by atoms with Gasteiger partial charge in [0.05, 0.1) is 0 Å². The van der Waals surface area contributed by atoms with Crippen molar-refractivity contribution in [3.63, 3.8) is 0 Å². The van der Waals surface area contributed by atoms with Crippen LogP contribution >= 0.6 is 0 Å². The summed E-state index contributed by atoms with van der Waals surface area (Å²) in [5.41, 5.74) is 3.16. The highest BCUT2D eigenvalue weighted by Crippen LogP contribution is 2.16. The van der Waals surface area contributed by atoms with Crippen LogP contribution in [-0.4, -0.2) is 50.8 Å². The summed E-state index contributed by atoms with van der Waals surface area (Å²) in [6.07, 6.45) is 2.38. The molecule has 0 unspecified atom stereocenters. The molecule has 0 radical (unpaired) electrons. The second-order valence-electron chi connectivity index (χ2n) is 4.75. The van der Waals surface area contributed by atoms with E-state index >= 15 is 0 Å². The second-order valence-corrected chi connectivity index (χ2v) is 4.75. The van der Waals surface area contributed by atoms with Gasteiger partial charge in [0.15, 0.2) is 0 Å². The van der Waals surface area contributed by atoms with Gasteiger partial charge in [-0.3, -0.25) is 4.90 Å². The van der Waals surface area contributed by atoms with E-state index in [0.29, 0.717) is 0 Å². The SMILES string of the molecule is CC(CN(C)C1CCOCC1)=C1CNC1. The van der Waals surface area contributed by atoms with Crippen molar-refractivity contribution in [3.8, 4) is 0 Å². The van der Waals surface area contributed by atoms with Gasteiger partial charge in [0.25, 0.3) is 0 Å². The third-order valence-corrected chi connectivity index (χ3v) is 3.58. The molecule has 0 aromatic heterocycles. The Bertz CT molecular complexity index is 238. The molecule has 0 aromatic rings. The molecule has 15 heavy (non-hydrogen) atoms. The number of nitrogens with one attached hydrogen (secondary N) is 1. The normalized spacial score (nSPS) is 23.0. The molecule has 3 heteroatoms. The van der Waals surface area contributed by atoms with Gasteiger partial charge < -0.3 is 10.1 Å². The fourth-order valence-electron chi connectivity index (χ4n) is 2.29. The van der Waals surface area contributed by atoms with Gasteiger partial charge in [-0.2, -0.15) is 0 Å². The van der Waals surface area contributed by atoms with Crippen molar-refractivity contribution in [3.05, 3.63) is 11.1 Å². The van der Waals surface area contributed by atoms with Crippen molar-refractivity contribution >= 4 is 0 Å². The van der Waals surface area contributed by atoms with Crippen molar-refractivity contribution in [1.29, 1.82) is 0 Å². The molecular formula is C12H22N2O. The molecule has 3 nitrogen and oxygen atoms in total. The summed E-state index contributed by atoms with van der Waals surface area (Å²) in [6.45, 7) is 7.48. The van der Waals surface area contributed by atoms with Crippen LogP contribution in [0, 0.1) is 0 Å². The number of ether oxygens (including phenoxy) is 1. The first-order valence-corrected chi connectivity index (χ1v) is 5.93. The van der Waals surface area contributed by atoms with Crippen LogP contribution in [0.5, 0.6) is 0 Å². The third-order valence-electron chi connectivity index (χ3n) is 3.58. The van der Waals surface area contributed by atoms with Crippen molar-refractivity contribution in [1.82, 2.24) is 10.2 Å². The topological polar surface area (TPSA) is 24.5 Å². The van der Waals surface area contributed by atoms with Crippen LogP contribution in [0.4, 0.5) is 0 Å². The zero-order chi connectivity index (χ0) is 10.7. The maximum absolute atomic E-state index is 5.39. The maximum atomic E-state index is 5.39. The van der Waals surface area contributed by atoms with Gasteiger partial charge in [-0.1, -0.05) is 5.57 Å². The van der Waals surface area contributed by atoms with Gasteiger partial charge in [-0.25, -0.2) is 0 Å². The van der Waals surface area contributed by atoms with E-state index in [0.717, 1.165) is 38.9 Å². The summed E-state index contributed by atoms with van der Waals surface area (Å²) >= 11 is 0. The van der Waals surface area contributed by atoms with E-state index in [1.807, 2.05) is 0 Å². The minimum atomic E-state index is 0.724. The van der Waals surface area contributed by atoms with Gasteiger partial charge >= 0.3 is 0 Å². The van der Waals surface area contributed by atoms with E-state index in [9.17, 15) is 0 Å². The molecular weight excluding hydrogens is 188 g/mol. The highest BCUT2D eigenvalue weighted by atomic mass is 16.5. The molecule has 1 N–H and O–H groups in total. The Kier molecular flexibility index (Phi) is 3.78. The minimum absolute atomic E-state index is 0.724. The summed E-state index contributed by atoms with van der Waals surface area (Å²) < 4.78 is 5.39. The highest BCUT2D eigenvalue weighted by Gasteiger charge is 2.19. The van der Waals surface area contributed by atoms with Crippen molar-refractivity contribution in [2.24, 2.45) is 0 Å². The number of nitrogens with zero attached hydrogens (tertiary/aromatic N) is 1. The molecule has 2 fully saturated rings. The Morgan fingerprint density at radius 2 is 2.07 bits per heavy atom. The largest absolute Gasteiger partial charge is 0.381 e. The van der Waals surface area contributed by atoms with Crippen LogP contribution in [0.2, 0.25) is 0 Å². The molecule has 2 heterocycles. The average Bonchev–Trinajstić information content (AvgIpc) is 2.16. The first kappa shape index (κ1) is 11.1. The van der Waals surface area contributed by atoms with Gasteiger partial charge in [0, 0.05) is 38.9 Å². The van der Waals surface area contributed by atoms with E-state index in [1.54, 1.807) is 11.1 Å². The highest BCUT2D eigenvalue weighted by molar-refractivity contribution is 5.22. The van der Waals surface area contributed by atoms with Crippen molar-refractivity contribution in [2.75, 3.05) is 39.9 Å². The number of likely N-dealkylation sites (N-methyl/N-ethyl adjacent to an activating group) is 1. The van der Waals surface area contributed by atoms with Crippen LogP contribution < -0.4 is 5.32 Å². The van der Waals surface area contributed by atoms with Crippen LogP contribution in [-0.2, 0) is 4.74 Å². The fraction of sp³-hybridized carbons (Fsp3) is 0.833. The maximum Gasteiger partial charge on any atom is 0.0480 e. The zero-order valence-corrected chi connectivity index (χ0v) is 9.88. The van der Waals surface area contributed by atoms with Crippen molar-refractivity contribution < 1.29 is 4.74 Å². The van der Waals surface area contributed by atoms with E-state index in [1.165, 1.54) is 12.8 Å². The van der Waals surface area contributed by atoms with E-state index in [4.69, 9.17) is 4.74 Å². The van der Waals surface area contributed by atoms with E-state index in [-0.39, 0.29) is 0 Å². The minimum Gasteiger partial charge on any atom is -0.381 e. The fourth-order valence-corrected chi connectivity index (χ4v) is 2.29. The van der Waals surface area contributed by atoms with Gasteiger partial charge in [0.1, 0.15) is 0 Å². The van der Waals surface area contributed by atoms with Gasteiger partial charge in [0.2, 0.25) is 0 Å². The lowest BCUT2D eigenvalue weighted by molar-refractivity contribution is 0.0457. The monoisotopic (exact) mass is 210 g/mol. The first-order valence-electron chi connectivity index (χ1n) is 5.93. The van der Waals surface area contributed by atoms with Gasteiger partial charge in [-0.05, 0) is 32.4 Å². The predicted octanol–water partition coefficient (Wildman–Crippen LogP) is 1.02.